The van der Waals surface area contributed by atoms with Crippen molar-refractivity contribution in [2.75, 3.05) is 0 Å². The topological polar surface area (TPSA) is 46.3 Å². The standard InChI is InChI=1S/C12H9BrN2O/c13-8-3-1-7-2-4-9-11(10(7)5-8)6-15(14)12(9)16/h1-5H,6,14H2. The second kappa shape index (κ2) is 3.30. The minimum Gasteiger partial charge on any atom is -0.272 e. The molecule has 2 N–H and O–H groups in total. The van der Waals surface area contributed by atoms with Crippen molar-refractivity contribution in [2.24, 2.45) is 5.84 Å². The van der Waals surface area contributed by atoms with Gasteiger partial charge in [-0.15, -0.1) is 0 Å². The number of amides is 1. The molecule has 0 atom stereocenters. The Hall–Kier alpha value is -1.39. The Kier molecular flexibility index (Phi) is 2.02. The molecule has 0 spiro atoms. The number of hydrazine groups is 1. The fourth-order valence-electron chi connectivity index (χ4n) is 2.12. The van der Waals surface area contributed by atoms with Gasteiger partial charge < -0.3 is 0 Å². The molecule has 0 bridgehead atoms. The Labute approximate surface area is 101 Å². The normalized spacial score (nSPS) is 14.6. The Morgan fingerprint density at radius 1 is 1.25 bits per heavy atom. The van der Waals surface area contributed by atoms with Crippen LogP contribution in [0.15, 0.2) is 34.8 Å². The molecule has 3 rings (SSSR count). The monoisotopic (exact) mass is 276 g/mol. The largest absolute Gasteiger partial charge is 0.272 e. The van der Waals surface area contributed by atoms with Crippen molar-refractivity contribution in [3.8, 4) is 0 Å². The molecule has 2 aromatic carbocycles. The predicted octanol–water partition coefficient (Wildman–Crippen LogP) is 2.43. The molecule has 1 heterocycles. The highest BCUT2D eigenvalue weighted by atomic mass is 79.9. The lowest BCUT2D eigenvalue weighted by Crippen LogP contribution is -2.30. The molecule has 3 nitrogen and oxygen atoms in total. The number of halogens is 1. The van der Waals surface area contributed by atoms with E-state index in [1.807, 2.05) is 30.3 Å². The predicted molar refractivity (Wildman–Crippen MR) is 65.7 cm³/mol. The van der Waals surface area contributed by atoms with Crippen LogP contribution in [0.5, 0.6) is 0 Å². The molecule has 2 aromatic rings. The third-order valence-corrected chi connectivity index (χ3v) is 3.41. The second-order valence-corrected chi connectivity index (χ2v) is 4.81. The van der Waals surface area contributed by atoms with Gasteiger partial charge in [-0.05, 0) is 34.5 Å². The minimum atomic E-state index is -0.100. The van der Waals surface area contributed by atoms with E-state index in [1.165, 1.54) is 5.01 Å². The quantitative estimate of drug-likeness (QED) is 0.594. The van der Waals surface area contributed by atoms with Crippen molar-refractivity contribution in [3.63, 3.8) is 0 Å². The average molecular weight is 277 g/mol. The van der Waals surface area contributed by atoms with Gasteiger partial charge in [-0.25, -0.2) is 5.84 Å². The van der Waals surface area contributed by atoms with Crippen molar-refractivity contribution in [1.82, 2.24) is 5.01 Å². The van der Waals surface area contributed by atoms with Crippen molar-refractivity contribution < 1.29 is 4.79 Å². The average Bonchev–Trinajstić information content (AvgIpc) is 2.56. The maximum atomic E-state index is 11.7. The maximum Gasteiger partial charge on any atom is 0.268 e. The molecule has 0 radical (unpaired) electrons. The molecule has 80 valence electrons. The second-order valence-electron chi connectivity index (χ2n) is 3.89. The lowest BCUT2D eigenvalue weighted by molar-refractivity contribution is 0.0779. The van der Waals surface area contributed by atoms with Crippen molar-refractivity contribution in [1.29, 1.82) is 0 Å². The lowest BCUT2D eigenvalue weighted by Gasteiger charge is -2.05. The van der Waals surface area contributed by atoms with Crippen LogP contribution in [0.1, 0.15) is 15.9 Å². The molecule has 0 unspecified atom stereocenters. The number of carbonyl (C=O) groups is 1. The summed E-state index contributed by atoms with van der Waals surface area (Å²) in [5.41, 5.74) is 1.74. The Balaban J connectivity index is 2.37. The van der Waals surface area contributed by atoms with Gasteiger partial charge in [0.2, 0.25) is 0 Å². The number of nitrogens with two attached hydrogens (primary N) is 1. The first kappa shape index (κ1) is 9.81. The highest BCUT2D eigenvalue weighted by Gasteiger charge is 2.26. The van der Waals surface area contributed by atoms with Gasteiger partial charge in [0.1, 0.15) is 0 Å². The summed E-state index contributed by atoms with van der Waals surface area (Å²) in [4.78, 5) is 11.7. The number of rotatable bonds is 0. The van der Waals surface area contributed by atoms with E-state index in [9.17, 15) is 4.79 Å². The van der Waals surface area contributed by atoms with Crippen LogP contribution in [-0.4, -0.2) is 10.9 Å². The van der Waals surface area contributed by atoms with E-state index in [0.717, 1.165) is 20.8 Å². The Bertz CT molecular complexity index is 609. The van der Waals surface area contributed by atoms with E-state index < -0.39 is 0 Å². The summed E-state index contributed by atoms with van der Waals surface area (Å²) in [6.07, 6.45) is 0. The van der Waals surface area contributed by atoms with Gasteiger partial charge in [-0.3, -0.25) is 9.80 Å². The first-order valence-corrected chi connectivity index (χ1v) is 5.74. The molecule has 16 heavy (non-hydrogen) atoms. The van der Waals surface area contributed by atoms with E-state index in [1.54, 1.807) is 0 Å². The number of nitrogens with zero attached hydrogens (tertiary/aromatic N) is 1. The highest BCUT2D eigenvalue weighted by molar-refractivity contribution is 9.10. The summed E-state index contributed by atoms with van der Waals surface area (Å²) in [6.45, 7) is 0.488. The van der Waals surface area contributed by atoms with Gasteiger partial charge in [-0.2, -0.15) is 0 Å². The van der Waals surface area contributed by atoms with E-state index in [4.69, 9.17) is 5.84 Å². The van der Waals surface area contributed by atoms with Gasteiger partial charge in [0.25, 0.3) is 5.91 Å². The molecular formula is C12H9BrN2O. The van der Waals surface area contributed by atoms with Crippen molar-refractivity contribution >= 4 is 32.6 Å². The van der Waals surface area contributed by atoms with Crippen LogP contribution in [-0.2, 0) is 6.54 Å². The SMILES string of the molecule is NN1Cc2c(ccc3ccc(Br)cc23)C1=O. The summed E-state index contributed by atoms with van der Waals surface area (Å²) in [7, 11) is 0. The van der Waals surface area contributed by atoms with Gasteiger partial charge in [0.15, 0.2) is 0 Å². The molecule has 4 heteroatoms. The van der Waals surface area contributed by atoms with Gasteiger partial charge in [0, 0.05) is 10.0 Å². The summed E-state index contributed by atoms with van der Waals surface area (Å²) in [6, 6.07) is 9.86. The molecule has 1 aliphatic rings. The van der Waals surface area contributed by atoms with Crippen LogP contribution in [0, 0.1) is 0 Å². The molecule has 0 aliphatic carbocycles. The lowest BCUT2D eigenvalue weighted by atomic mass is 10.0. The summed E-state index contributed by atoms with van der Waals surface area (Å²) in [5, 5.41) is 3.48. The number of benzene rings is 2. The highest BCUT2D eigenvalue weighted by Crippen LogP contribution is 2.30. The molecular weight excluding hydrogens is 268 g/mol. The smallest absolute Gasteiger partial charge is 0.268 e. The fraction of sp³-hybridized carbons (Fsp3) is 0.0833. The Morgan fingerprint density at radius 3 is 2.81 bits per heavy atom. The van der Waals surface area contributed by atoms with Crippen LogP contribution in [0.25, 0.3) is 10.8 Å². The van der Waals surface area contributed by atoms with Crippen LogP contribution >= 0.6 is 15.9 Å². The van der Waals surface area contributed by atoms with E-state index in [0.29, 0.717) is 12.1 Å². The number of hydrogen-bond donors (Lipinski definition) is 1. The summed E-state index contributed by atoms with van der Waals surface area (Å²) >= 11 is 3.44. The molecule has 1 aliphatic heterocycles. The first-order chi connectivity index (χ1) is 7.66. The molecule has 0 fully saturated rings. The zero-order chi connectivity index (χ0) is 11.3. The molecule has 0 saturated carbocycles. The zero-order valence-electron chi connectivity index (χ0n) is 8.40. The van der Waals surface area contributed by atoms with E-state index in [-0.39, 0.29) is 5.91 Å². The summed E-state index contributed by atoms with van der Waals surface area (Å²) in [5.74, 6) is 5.53. The number of fused-ring (bicyclic) bond motifs is 3. The van der Waals surface area contributed by atoms with Gasteiger partial charge >= 0.3 is 0 Å². The third-order valence-electron chi connectivity index (χ3n) is 2.91. The molecule has 1 amide bonds. The van der Waals surface area contributed by atoms with Crippen molar-refractivity contribution in [3.05, 3.63) is 45.9 Å². The minimum absolute atomic E-state index is 0.100. The fourth-order valence-corrected chi connectivity index (χ4v) is 2.48. The number of carbonyl (C=O) groups excluding carboxylic acids is 1. The van der Waals surface area contributed by atoms with Crippen molar-refractivity contribution in [2.45, 2.75) is 6.54 Å². The van der Waals surface area contributed by atoms with Gasteiger partial charge in [0.05, 0.1) is 6.54 Å². The number of hydrogen-bond acceptors (Lipinski definition) is 2. The van der Waals surface area contributed by atoms with Gasteiger partial charge in [-0.1, -0.05) is 28.1 Å². The maximum absolute atomic E-state index is 11.7. The van der Waals surface area contributed by atoms with E-state index in [2.05, 4.69) is 15.9 Å². The zero-order valence-corrected chi connectivity index (χ0v) is 9.99. The molecule has 0 aromatic heterocycles. The first-order valence-electron chi connectivity index (χ1n) is 4.94. The molecule has 0 saturated heterocycles. The van der Waals surface area contributed by atoms with E-state index >= 15 is 0 Å². The van der Waals surface area contributed by atoms with Crippen LogP contribution < -0.4 is 5.84 Å². The summed E-state index contributed by atoms with van der Waals surface area (Å²) < 4.78 is 1.01. The third kappa shape index (κ3) is 1.27. The van der Waals surface area contributed by atoms with Crippen LogP contribution in [0.2, 0.25) is 0 Å². The van der Waals surface area contributed by atoms with Crippen LogP contribution in [0.4, 0.5) is 0 Å². The Morgan fingerprint density at radius 2 is 2.00 bits per heavy atom. The van der Waals surface area contributed by atoms with Crippen LogP contribution in [0.3, 0.4) is 0 Å².